The lowest BCUT2D eigenvalue weighted by molar-refractivity contribution is -0.401. The van der Waals surface area contributed by atoms with Crippen LogP contribution in [0.15, 0.2) is 48.5 Å². The van der Waals surface area contributed by atoms with E-state index in [1.54, 1.807) is 0 Å². The summed E-state index contributed by atoms with van der Waals surface area (Å²) in [6, 6.07) is 15.1. The second-order valence-electron chi connectivity index (χ2n) is 7.53. The molecule has 0 aromatic heterocycles. The number of nitrogens with zero attached hydrogens (tertiary/aromatic N) is 2. The van der Waals surface area contributed by atoms with Crippen molar-refractivity contribution in [2.24, 2.45) is 0 Å². The first kappa shape index (κ1) is 19.2. The predicted molar refractivity (Wildman–Crippen MR) is 116 cm³/mol. The number of para-hydroxylation sites is 1. The van der Waals surface area contributed by atoms with Gasteiger partial charge in [0.25, 0.3) is 0 Å². The van der Waals surface area contributed by atoms with E-state index < -0.39 is 0 Å². The number of hydrogen-bond donors (Lipinski definition) is 0. The Bertz CT molecular complexity index is 895. The van der Waals surface area contributed by atoms with Gasteiger partial charge in [-0.1, -0.05) is 25.1 Å². The average Bonchev–Trinajstić information content (AvgIpc) is 2.89. The fourth-order valence-electron chi connectivity index (χ4n) is 3.93. The van der Waals surface area contributed by atoms with E-state index >= 15 is 0 Å². The highest BCUT2D eigenvalue weighted by Gasteiger charge is 2.44. The lowest BCUT2D eigenvalue weighted by Gasteiger charge is -2.20. The molecule has 0 fully saturated rings. The highest BCUT2D eigenvalue weighted by Crippen LogP contribution is 2.41. The van der Waals surface area contributed by atoms with Crippen LogP contribution in [0.1, 0.15) is 38.3 Å². The van der Waals surface area contributed by atoms with Crippen molar-refractivity contribution in [1.82, 2.24) is 0 Å². The quantitative estimate of drug-likeness (QED) is 0.651. The van der Waals surface area contributed by atoms with Gasteiger partial charge in [-0.15, -0.1) is 0 Å². The minimum atomic E-state index is 0.0250. The summed E-state index contributed by atoms with van der Waals surface area (Å²) < 4.78 is 8.23. The molecular weight excluding hydrogens is 332 g/mol. The molecule has 1 atom stereocenters. The van der Waals surface area contributed by atoms with Crippen molar-refractivity contribution in [3.8, 4) is 5.75 Å². The van der Waals surface area contributed by atoms with Crippen LogP contribution in [0.3, 0.4) is 0 Å². The molecule has 0 saturated heterocycles. The Kier molecular flexibility index (Phi) is 5.41. The zero-order chi connectivity index (χ0) is 19.6. The molecule has 0 amide bonds. The second-order valence-corrected chi connectivity index (χ2v) is 7.53. The zero-order valence-electron chi connectivity index (χ0n) is 17.4. The average molecular weight is 364 g/mol. The summed E-state index contributed by atoms with van der Waals surface area (Å²) >= 11 is 0. The van der Waals surface area contributed by atoms with Gasteiger partial charge in [-0.2, -0.15) is 4.58 Å². The molecule has 0 aliphatic carbocycles. The Morgan fingerprint density at radius 2 is 1.81 bits per heavy atom. The summed E-state index contributed by atoms with van der Waals surface area (Å²) in [7, 11) is 6.26. The number of ether oxygens (including phenoxy) is 1. The van der Waals surface area contributed by atoms with Gasteiger partial charge in [-0.25, -0.2) is 0 Å². The van der Waals surface area contributed by atoms with Crippen molar-refractivity contribution in [2.75, 3.05) is 32.6 Å². The van der Waals surface area contributed by atoms with Gasteiger partial charge in [0.2, 0.25) is 5.69 Å². The van der Waals surface area contributed by atoms with E-state index in [0.717, 1.165) is 23.4 Å². The maximum Gasteiger partial charge on any atom is 0.209 e. The molecule has 0 N–H and O–H groups in total. The molecule has 2 aromatic rings. The molecule has 3 rings (SSSR count). The topological polar surface area (TPSA) is 15.5 Å². The Hall–Kier alpha value is -2.55. The molecule has 1 heterocycles. The Morgan fingerprint density at radius 1 is 1.07 bits per heavy atom. The van der Waals surface area contributed by atoms with Crippen LogP contribution in [0.4, 0.5) is 11.4 Å². The summed E-state index contributed by atoms with van der Waals surface area (Å²) in [6.45, 7) is 7.29. The molecule has 2 aromatic carbocycles. The molecule has 1 unspecified atom stereocenters. The van der Waals surface area contributed by atoms with Crippen LogP contribution in [0, 0.1) is 0 Å². The van der Waals surface area contributed by atoms with Crippen LogP contribution >= 0.6 is 0 Å². The normalized spacial score (nSPS) is 18.9. The first-order valence-corrected chi connectivity index (χ1v) is 9.75. The van der Waals surface area contributed by atoms with Crippen molar-refractivity contribution in [2.45, 2.75) is 32.6 Å². The standard InChI is InChI=1S/C24H31N2O/c1-7-24(3)20-11-9-10-12-21(20)26(6)23(24)16-14-18-13-15-19(25(4)5)17-22(18)27-8-2/h9-17H,7-8H2,1-6H3/q+1. The monoisotopic (exact) mass is 363 g/mol. The molecular formula is C24H31N2O+. The SMILES string of the molecule is CCOc1cc(N(C)C)ccc1C=CC1=[N+](C)c2ccccc2C1(C)CC. The third-order valence-electron chi connectivity index (χ3n) is 5.73. The third kappa shape index (κ3) is 3.39. The maximum atomic E-state index is 5.91. The highest BCUT2D eigenvalue weighted by atomic mass is 16.5. The van der Waals surface area contributed by atoms with Crippen molar-refractivity contribution in [3.63, 3.8) is 0 Å². The van der Waals surface area contributed by atoms with Crippen molar-refractivity contribution >= 4 is 23.2 Å². The number of anilines is 1. The van der Waals surface area contributed by atoms with E-state index in [4.69, 9.17) is 4.74 Å². The summed E-state index contributed by atoms with van der Waals surface area (Å²) in [5, 5.41) is 0. The second kappa shape index (κ2) is 7.59. The van der Waals surface area contributed by atoms with Gasteiger partial charge >= 0.3 is 0 Å². The van der Waals surface area contributed by atoms with Gasteiger partial charge in [0.15, 0.2) is 5.71 Å². The van der Waals surface area contributed by atoms with Crippen molar-refractivity contribution in [1.29, 1.82) is 0 Å². The van der Waals surface area contributed by atoms with Gasteiger partial charge in [0.05, 0.1) is 12.0 Å². The van der Waals surface area contributed by atoms with Crippen molar-refractivity contribution < 1.29 is 9.31 Å². The molecule has 3 nitrogen and oxygen atoms in total. The van der Waals surface area contributed by atoms with Crippen LogP contribution in [-0.4, -0.2) is 38.0 Å². The van der Waals surface area contributed by atoms with Crippen LogP contribution in [0.25, 0.3) is 6.08 Å². The Morgan fingerprint density at radius 3 is 2.48 bits per heavy atom. The van der Waals surface area contributed by atoms with Gasteiger partial charge in [-0.05, 0) is 38.5 Å². The fourth-order valence-corrected chi connectivity index (χ4v) is 3.93. The zero-order valence-corrected chi connectivity index (χ0v) is 17.4. The summed E-state index contributed by atoms with van der Waals surface area (Å²) in [6.07, 6.45) is 5.51. The minimum absolute atomic E-state index is 0.0250. The highest BCUT2D eigenvalue weighted by molar-refractivity contribution is 6.05. The summed E-state index contributed by atoms with van der Waals surface area (Å²) in [5.74, 6) is 0.928. The predicted octanol–water partition coefficient (Wildman–Crippen LogP) is 5.26. The van der Waals surface area contributed by atoms with Crippen LogP contribution < -0.4 is 9.64 Å². The molecule has 0 radical (unpaired) electrons. The summed E-state index contributed by atoms with van der Waals surface area (Å²) in [5.41, 5.74) is 6.31. The van der Waals surface area contributed by atoms with Gasteiger partial charge in [0.1, 0.15) is 12.8 Å². The van der Waals surface area contributed by atoms with E-state index in [1.807, 2.05) is 21.0 Å². The lowest BCUT2D eigenvalue weighted by Crippen LogP contribution is -2.29. The minimum Gasteiger partial charge on any atom is -0.493 e. The van der Waals surface area contributed by atoms with Crippen LogP contribution in [0.5, 0.6) is 5.75 Å². The molecule has 27 heavy (non-hydrogen) atoms. The summed E-state index contributed by atoms with van der Waals surface area (Å²) in [4.78, 5) is 2.10. The number of benzene rings is 2. The number of allylic oxidation sites excluding steroid dienone is 1. The third-order valence-corrected chi connectivity index (χ3v) is 5.73. The number of fused-ring (bicyclic) bond motifs is 1. The molecule has 1 aliphatic rings. The number of rotatable bonds is 6. The molecule has 142 valence electrons. The molecule has 0 saturated carbocycles. The molecule has 3 heteroatoms. The van der Waals surface area contributed by atoms with E-state index in [1.165, 1.54) is 17.0 Å². The van der Waals surface area contributed by atoms with E-state index in [9.17, 15) is 0 Å². The molecule has 1 aliphatic heterocycles. The molecule has 0 spiro atoms. The first-order chi connectivity index (χ1) is 12.9. The van der Waals surface area contributed by atoms with Gasteiger partial charge in [-0.3, -0.25) is 0 Å². The van der Waals surface area contributed by atoms with Gasteiger partial charge in [0, 0.05) is 49.1 Å². The smallest absolute Gasteiger partial charge is 0.209 e. The Labute approximate surface area is 163 Å². The van der Waals surface area contributed by atoms with E-state index in [2.05, 4.69) is 85.0 Å². The Balaban J connectivity index is 2.02. The lowest BCUT2D eigenvalue weighted by atomic mass is 9.77. The first-order valence-electron chi connectivity index (χ1n) is 9.75. The van der Waals surface area contributed by atoms with Gasteiger partial charge < -0.3 is 9.64 Å². The van der Waals surface area contributed by atoms with E-state index in [0.29, 0.717) is 6.61 Å². The fraction of sp³-hybridized carbons (Fsp3) is 0.375. The van der Waals surface area contributed by atoms with Crippen LogP contribution in [0.2, 0.25) is 0 Å². The van der Waals surface area contributed by atoms with E-state index in [-0.39, 0.29) is 5.41 Å². The largest absolute Gasteiger partial charge is 0.493 e. The van der Waals surface area contributed by atoms with Crippen LogP contribution in [-0.2, 0) is 5.41 Å². The molecule has 0 bridgehead atoms. The maximum absolute atomic E-state index is 5.91. The van der Waals surface area contributed by atoms with Crippen molar-refractivity contribution in [3.05, 3.63) is 59.7 Å². The number of hydrogen-bond acceptors (Lipinski definition) is 2.